The van der Waals surface area contributed by atoms with Gasteiger partial charge in [-0.15, -0.1) is 11.6 Å². The van der Waals surface area contributed by atoms with Crippen molar-refractivity contribution in [3.05, 3.63) is 28.5 Å². The third kappa shape index (κ3) is 1.30. The minimum absolute atomic E-state index is 0.419. The first-order chi connectivity index (χ1) is 6.65. The largest absolute Gasteiger partial charge is 0.330 e. The molecule has 2 nitrogen and oxygen atoms in total. The molecule has 0 bridgehead atoms. The Bertz CT molecular complexity index is 488. The summed E-state index contributed by atoms with van der Waals surface area (Å²) in [5, 5.41) is 0.765. The average Bonchev–Trinajstić information content (AvgIpc) is 2.50. The minimum Gasteiger partial charge on any atom is -0.330 e. The molecule has 74 valence electrons. The van der Waals surface area contributed by atoms with Crippen LogP contribution < -0.4 is 0 Å². The first kappa shape index (κ1) is 9.81. The van der Waals surface area contributed by atoms with Gasteiger partial charge in [0.25, 0.3) is 0 Å². The molecular weight excluding hydrogens is 219 g/mol. The first-order valence-electron chi connectivity index (χ1n) is 4.31. The maximum absolute atomic E-state index is 6.04. The molecule has 0 spiro atoms. The number of aromatic nitrogens is 2. The molecule has 4 heteroatoms. The van der Waals surface area contributed by atoms with E-state index in [1.807, 2.05) is 30.7 Å². The lowest BCUT2D eigenvalue weighted by atomic mass is 10.2. The first-order valence-corrected chi connectivity index (χ1v) is 5.22. The average molecular weight is 229 g/mol. The highest BCUT2D eigenvalue weighted by Crippen LogP contribution is 2.25. The van der Waals surface area contributed by atoms with Gasteiger partial charge in [-0.25, -0.2) is 4.98 Å². The Morgan fingerprint density at radius 3 is 2.79 bits per heavy atom. The summed E-state index contributed by atoms with van der Waals surface area (Å²) in [6.45, 7) is 1.99. The van der Waals surface area contributed by atoms with Crippen molar-refractivity contribution in [2.45, 2.75) is 12.8 Å². The highest BCUT2D eigenvalue weighted by molar-refractivity contribution is 6.32. The van der Waals surface area contributed by atoms with Crippen molar-refractivity contribution in [2.75, 3.05) is 0 Å². The summed E-state index contributed by atoms with van der Waals surface area (Å²) in [5.74, 6) is 1.29. The lowest BCUT2D eigenvalue weighted by molar-refractivity contribution is 0.871. The van der Waals surface area contributed by atoms with Crippen molar-refractivity contribution in [1.82, 2.24) is 9.55 Å². The van der Waals surface area contributed by atoms with E-state index in [2.05, 4.69) is 4.98 Å². The molecule has 0 fully saturated rings. The Hall–Kier alpha value is -0.730. The van der Waals surface area contributed by atoms with E-state index in [0.717, 1.165) is 27.4 Å². The van der Waals surface area contributed by atoms with Crippen molar-refractivity contribution in [1.29, 1.82) is 0 Å². The van der Waals surface area contributed by atoms with E-state index in [0.29, 0.717) is 5.88 Å². The molecule has 14 heavy (non-hydrogen) atoms. The normalized spacial score (nSPS) is 11.1. The third-order valence-corrected chi connectivity index (χ3v) is 3.08. The molecule has 2 aromatic rings. The Morgan fingerprint density at radius 2 is 2.14 bits per heavy atom. The lowest BCUT2D eigenvalue weighted by Crippen LogP contribution is -1.95. The monoisotopic (exact) mass is 228 g/mol. The minimum atomic E-state index is 0.419. The molecule has 0 aliphatic heterocycles. The van der Waals surface area contributed by atoms with Gasteiger partial charge in [-0.2, -0.15) is 0 Å². The fourth-order valence-corrected chi connectivity index (χ4v) is 2.03. The van der Waals surface area contributed by atoms with Crippen molar-refractivity contribution in [3.8, 4) is 0 Å². The predicted molar refractivity (Wildman–Crippen MR) is 60.0 cm³/mol. The standard InChI is InChI=1S/C10H10Cl2N2/c1-6-7(12)3-4-8-10(6)14(2)9(5-11)13-8/h3-4H,5H2,1-2H3. The van der Waals surface area contributed by atoms with E-state index >= 15 is 0 Å². The van der Waals surface area contributed by atoms with Gasteiger partial charge in [-0.1, -0.05) is 11.6 Å². The third-order valence-electron chi connectivity index (χ3n) is 2.44. The van der Waals surface area contributed by atoms with Crippen LogP contribution in [0.2, 0.25) is 5.02 Å². The van der Waals surface area contributed by atoms with Crippen LogP contribution in [0.1, 0.15) is 11.4 Å². The summed E-state index contributed by atoms with van der Waals surface area (Å²) >= 11 is 11.8. The number of hydrogen-bond donors (Lipinski definition) is 0. The van der Waals surface area contributed by atoms with Crippen LogP contribution in [0.25, 0.3) is 11.0 Å². The van der Waals surface area contributed by atoms with Crippen molar-refractivity contribution < 1.29 is 0 Å². The zero-order chi connectivity index (χ0) is 10.3. The van der Waals surface area contributed by atoms with E-state index in [-0.39, 0.29) is 0 Å². The molecule has 0 aliphatic rings. The summed E-state index contributed by atoms with van der Waals surface area (Å²) in [4.78, 5) is 4.41. The maximum Gasteiger partial charge on any atom is 0.124 e. The Labute approximate surface area is 92.5 Å². The number of hydrogen-bond acceptors (Lipinski definition) is 1. The molecule has 0 saturated carbocycles. The van der Waals surface area contributed by atoms with Crippen LogP contribution in [-0.2, 0) is 12.9 Å². The summed E-state index contributed by atoms with van der Waals surface area (Å²) in [6, 6.07) is 3.78. The van der Waals surface area contributed by atoms with Gasteiger partial charge in [0.1, 0.15) is 5.82 Å². The second-order valence-electron chi connectivity index (χ2n) is 3.26. The van der Waals surface area contributed by atoms with Crippen LogP contribution in [0.3, 0.4) is 0 Å². The zero-order valence-electron chi connectivity index (χ0n) is 8.01. The number of benzene rings is 1. The van der Waals surface area contributed by atoms with E-state index in [4.69, 9.17) is 23.2 Å². The van der Waals surface area contributed by atoms with Crippen LogP contribution in [0.5, 0.6) is 0 Å². The Morgan fingerprint density at radius 1 is 1.43 bits per heavy atom. The van der Waals surface area contributed by atoms with Crippen molar-refractivity contribution in [3.63, 3.8) is 0 Å². The molecule has 1 aromatic heterocycles. The van der Waals surface area contributed by atoms with Gasteiger partial charge in [-0.3, -0.25) is 0 Å². The van der Waals surface area contributed by atoms with Crippen LogP contribution in [0.15, 0.2) is 12.1 Å². The summed E-state index contributed by atoms with van der Waals surface area (Å²) in [5.41, 5.74) is 3.06. The Kier molecular flexibility index (Phi) is 2.41. The fraction of sp³-hybridized carbons (Fsp3) is 0.300. The number of aryl methyl sites for hydroxylation is 2. The molecule has 0 aliphatic carbocycles. The molecule has 0 amide bonds. The van der Waals surface area contributed by atoms with Crippen molar-refractivity contribution in [2.24, 2.45) is 7.05 Å². The number of rotatable bonds is 1. The molecule has 0 atom stereocenters. The molecule has 0 N–H and O–H groups in total. The van der Waals surface area contributed by atoms with Gasteiger partial charge in [-0.05, 0) is 24.6 Å². The van der Waals surface area contributed by atoms with E-state index < -0.39 is 0 Å². The fourth-order valence-electron chi connectivity index (χ4n) is 1.64. The van der Waals surface area contributed by atoms with Crippen molar-refractivity contribution >= 4 is 34.2 Å². The van der Waals surface area contributed by atoms with Gasteiger partial charge in [0.2, 0.25) is 0 Å². The number of alkyl halides is 1. The number of nitrogens with zero attached hydrogens (tertiary/aromatic N) is 2. The van der Waals surface area contributed by atoms with E-state index in [1.165, 1.54) is 0 Å². The second-order valence-corrected chi connectivity index (χ2v) is 3.94. The topological polar surface area (TPSA) is 17.8 Å². The molecule has 1 aromatic carbocycles. The summed E-state index contributed by atoms with van der Waals surface area (Å²) in [6.07, 6.45) is 0. The molecular formula is C10H10Cl2N2. The summed E-state index contributed by atoms with van der Waals surface area (Å²) in [7, 11) is 1.95. The number of imidazole rings is 1. The predicted octanol–water partition coefficient (Wildman–Crippen LogP) is 3.27. The quantitative estimate of drug-likeness (QED) is 0.686. The smallest absolute Gasteiger partial charge is 0.124 e. The maximum atomic E-state index is 6.04. The van der Waals surface area contributed by atoms with Gasteiger partial charge in [0, 0.05) is 12.1 Å². The molecule has 0 radical (unpaired) electrons. The molecule has 0 saturated heterocycles. The van der Waals surface area contributed by atoms with Crippen LogP contribution in [-0.4, -0.2) is 9.55 Å². The summed E-state index contributed by atoms with van der Waals surface area (Å²) < 4.78 is 1.99. The van der Waals surface area contributed by atoms with Gasteiger partial charge in [0.15, 0.2) is 0 Å². The van der Waals surface area contributed by atoms with Gasteiger partial charge < -0.3 is 4.57 Å². The SMILES string of the molecule is Cc1c(Cl)ccc2nc(CCl)n(C)c12. The number of halogens is 2. The van der Waals surface area contributed by atoms with E-state index in [9.17, 15) is 0 Å². The number of fused-ring (bicyclic) bond motifs is 1. The second kappa shape index (κ2) is 3.44. The van der Waals surface area contributed by atoms with E-state index in [1.54, 1.807) is 0 Å². The van der Waals surface area contributed by atoms with Crippen LogP contribution in [0, 0.1) is 6.92 Å². The van der Waals surface area contributed by atoms with Gasteiger partial charge >= 0.3 is 0 Å². The highest BCUT2D eigenvalue weighted by atomic mass is 35.5. The van der Waals surface area contributed by atoms with Crippen LogP contribution >= 0.6 is 23.2 Å². The molecule has 2 rings (SSSR count). The molecule has 1 heterocycles. The zero-order valence-corrected chi connectivity index (χ0v) is 9.52. The highest BCUT2D eigenvalue weighted by Gasteiger charge is 2.10. The van der Waals surface area contributed by atoms with Gasteiger partial charge in [0.05, 0.1) is 16.9 Å². The Balaban J connectivity index is 2.87. The molecule has 0 unspecified atom stereocenters. The van der Waals surface area contributed by atoms with Crippen LogP contribution in [0.4, 0.5) is 0 Å². The lowest BCUT2D eigenvalue weighted by Gasteiger charge is -2.02.